The second kappa shape index (κ2) is 17.2. The molecule has 0 amide bonds. The smallest absolute Gasteiger partial charge is 0.302 e. The van der Waals surface area contributed by atoms with Crippen LogP contribution in [-0.2, 0) is 9.53 Å². The fraction of sp³-hybridized carbons (Fsp3) is 0.833. The molecule has 1 N–H and O–H groups in total. The average Bonchev–Trinajstić information content (AvgIpc) is 2.46. The maximum atomic E-state index is 10.6. The monoisotopic (exact) mass is 298 g/mol. The topological polar surface area (TPSA) is 46.5 Å². The van der Waals surface area contributed by atoms with Gasteiger partial charge in [-0.25, -0.2) is 0 Å². The zero-order chi connectivity index (χ0) is 15.6. The van der Waals surface area contributed by atoms with Crippen LogP contribution in [0.25, 0.3) is 0 Å². The lowest BCUT2D eigenvalue weighted by molar-refractivity contribution is -0.141. The van der Waals surface area contributed by atoms with Crippen molar-refractivity contribution < 1.29 is 14.6 Å². The molecular weight excluding hydrogens is 264 g/mol. The van der Waals surface area contributed by atoms with Gasteiger partial charge in [0, 0.05) is 13.5 Å². The molecule has 0 radical (unpaired) electrons. The van der Waals surface area contributed by atoms with Gasteiger partial charge in [-0.3, -0.25) is 4.79 Å². The summed E-state index contributed by atoms with van der Waals surface area (Å²) in [5.74, 6) is -0.168. The van der Waals surface area contributed by atoms with Gasteiger partial charge in [-0.1, -0.05) is 63.5 Å². The maximum absolute atomic E-state index is 10.6. The lowest BCUT2D eigenvalue weighted by Gasteiger charge is -2.03. The summed E-state index contributed by atoms with van der Waals surface area (Å²) >= 11 is 0. The van der Waals surface area contributed by atoms with E-state index in [2.05, 4.69) is 12.2 Å². The quantitative estimate of drug-likeness (QED) is 0.269. The van der Waals surface area contributed by atoms with Crippen LogP contribution in [0.1, 0.15) is 84.0 Å². The number of aliphatic hydroxyl groups excluding tert-OH is 1. The molecule has 0 aliphatic carbocycles. The number of unbranched alkanes of at least 4 members (excludes halogenated alkanes) is 10. The molecule has 0 saturated heterocycles. The number of aliphatic hydroxyl groups is 1. The highest BCUT2D eigenvalue weighted by atomic mass is 16.5. The molecule has 0 aromatic heterocycles. The normalized spacial score (nSPS) is 11.1. The molecule has 124 valence electrons. The van der Waals surface area contributed by atoms with Crippen molar-refractivity contribution >= 4 is 5.97 Å². The summed E-state index contributed by atoms with van der Waals surface area (Å²) in [4.78, 5) is 10.6. The minimum absolute atomic E-state index is 0.168. The Balaban J connectivity index is 3.01. The summed E-state index contributed by atoms with van der Waals surface area (Å²) in [6.07, 6.45) is 18.9. The molecule has 0 unspecified atom stereocenters. The highest BCUT2D eigenvalue weighted by molar-refractivity contribution is 5.65. The van der Waals surface area contributed by atoms with E-state index in [1.165, 1.54) is 64.7 Å². The van der Waals surface area contributed by atoms with Crippen molar-refractivity contribution in [1.29, 1.82) is 0 Å². The number of hydrogen-bond donors (Lipinski definition) is 1. The van der Waals surface area contributed by atoms with Crippen molar-refractivity contribution in [2.24, 2.45) is 0 Å². The summed E-state index contributed by atoms with van der Waals surface area (Å²) in [7, 11) is 0. The van der Waals surface area contributed by atoms with Gasteiger partial charge < -0.3 is 9.84 Å². The predicted molar refractivity (Wildman–Crippen MR) is 88.3 cm³/mol. The van der Waals surface area contributed by atoms with Gasteiger partial charge in [0.25, 0.3) is 0 Å². The summed E-state index contributed by atoms with van der Waals surface area (Å²) in [5.41, 5.74) is 0. The minimum Gasteiger partial charge on any atom is -0.466 e. The largest absolute Gasteiger partial charge is 0.466 e. The van der Waals surface area contributed by atoms with E-state index in [1.54, 1.807) is 0 Å². The first-order valence-corrected chi connectivity index (χ1v) is 8.66. The second-order valence-corrected chi connectivity index (χ2v) is 5.65. The molecule has 0 fully saturated rings. The van der Waals surface area contributed by atoms with Crippen LogP contribution < -0.4 is 0 Å². The van der Waals surface area contributed by atoms with Crippen LogP contribution in [0, 0.1) is 0 Å². The Morgan fingerprint density at radius 1 is 0.810 bits per heavy atom. The molecule has 0 heterocycles. The number of ether oxygens (including phenoxy) is 1. The van der Waals surface area contributed by atoms with Crippen molar-refractivity contribution in [2.45, 2.75) is 84.0 Å². The average molecular weight is 298 g/mol. The van der Waals surface area contributed by atoms with Crippen molar-refractivity contribution in [3.05, 3.63) is 12.2 Å². The third-order valence-corrected chi connectivity index (χ3v) is 3.53. The molecule has 0 atom stereocenters. The maximum Gasteiger partial charge on any atom is 0.302 e. The third kappa shape index (κ3) is 19.2. The van der Waals surface area contributed by atoms with Crippen LogP contribution in [0.5, 0.6) is 0 Å². The van der Waals surface area contributed by atoms with E-state index in [0.717, 1.165) is 19.3 Å². The summed E-state index contributed by atoms with van der Waals surface area (Å²) in [6.45, 7) is 2.31. The molecule has 0 rings (SSSR count). The van der Waals surface area contributed by atoms with E-state index in [9.17, 15) is 4.79 Å². The Morgan fingerprint density at radius 3 is 1.81 bits per heavy atom. The van der Waals surface area contributed by atoms with Crippen molar-refractivity contribution in [1.82, 2.24) is 0 Å². The van der Waals surface area contributed by atoms with E-state index in [4.69, 9.17) is 9.84 Å². The van der Waals surface area contributed by atoms with Crippen molar-refractivity contribution in [2.75, 3.05) is 13.2 Å². The Bertz CT molecular complexity index is 249. The molecule has 3 nitrogen and oxygen atoms in total. The van der Waals surface area contributed by atoms with E-state index >= 15 is 0 Å². The highest BCUT2D eigenvalue weighted by Gasteiger charge is 1.95. The first-order valence-electron chi connectivity index (χ1n) is 8.66. The zero-order valence-electron chi connectivity index (χ0n) is 13.8. The molecule has 3 heteroatoms. The number of hydrogen-bond acceptors (Lipinski definition) is 3. The number of esters is 1. The third-order valence-electron chi connectivity index (χ3n) is 3.53. The first-order chi connectivity index (χ1) is 10.3. The molecule has 0 aromatic rings. The first kappa shape index (κ1) is 20.2. The molecule has 0 saturated carbocycles. The standard InChI is InChI=1S/C18H34O3/c1-18(20)21-17-15-13-11-9-7-5-3-2-4-6-8-10-12-14-16-19/h10,12,19H,2-9,11,13-17H2,1H3/b12-10-. The summed E-state index contributed by atoms with van der Waals surface area (Å²) < 4.78 is 4.90. The SMILES string of the molecule is CC(=O)OCCCCCCCCCCCC/C=C\CCO. The van der Waals surface area contributed by atoms with Gasteiger partial charge in [-0.15, -0.1) is 0 Å². The molecule has 0 aliphatic heterocycles. The van der Waals surface area contributed by atoms with Gasteiger partial charge >= 0.3 is 5.97 Å². The Hall–Kier alpha value is -0.830. The van der Waals surface area contributed by atoms with Gasteiger partial charge in [0.05, 0.1) is 6.61 Å². The minimum atomic E-state index is -0.168. The predicted octanol–water partition coefficient (Wildman–Crippen LogP) is 4.78. The fourth-order valence-electron chi connectivity index (χ4n) is 2.30. The van der Waals surface area contributed by atoms with Gasteiger partial charge in [-0.05, 0) is 25.7 Å². The van der Waals surface area contributed by atoms with Crippen LogP contribution in [0.15, 0.2) is 12.2 Å². The molecule has 0 aliphatic rings. The highest BCUT2D eigenvalue weighted by Crippen LogP contribution is 2.11. The van der Waals surface area contributed by atoms with Crippen molar-refractivity contribution in [3.63, 3.8) is 0 Å². The lowest BCUT2D eigenvalue weighted by Crippen LogP contribution is -2.00. The molecule has 0 bridgehead atoms. The van der Waals surface area contributed by atoms with Gasteiger partial charge in [-0.2, -0.15) is 0 Å². The van der Waals surface area contributed by atoms with Crippen molar-refractivity contribution in [3.8, 4) is 0 Å². The van der Waals surface area contributed by atoms with Crippen LogP contribution in [0.2, 0.25) is 0 Å². The number of carbonyl (C=O) groups excluding carboxylic acids is 1. The number of rotatable bonds is 15. The van der Waals surface area contributed by atoms with E-state index in [-0.39, 0.29) is 12.6 Å². The Labute approximate surface area is 130 Å². The van der Waals surface area contributed by atoms with E-state index in [1.807, 2.05) is 0 Å². The molecular formula is C18H34O3. The zero-order valence-corrected chi connectivity index (χ0v) is 13.8. The van der Waals surface area contributed by atoms with Crippen LogP contribution in [0.3, 0.4) is 0 Å². The summed E-state index contributed by atoms with van der Waals surface area (Å²) in [5, 5.41) is 8.62. The van der Waals surface area contributed by atoms with Crippen LogP contribution in [0.4, 0.5) is 0 Å². The fourth-order valence-corrected chi connectivity index (χ4v) is 2.30. The lowest BCUT2D eigenvalue weighted by atomic mass is 10.1. The van der Waals surface area contributed by atoms with Crippen LogP contribution >= 0.6 is 0 Å². The molecule has 0 spiro atoms. The number of carbonyl (C=O) groups is 1. The second-order valence-electron chi connectivity index (χ2n) is 5.65. The van der Waals surface area contributed by atoms with Gasteiger partial charge in [0.1, 0.15) is 0 Å². The number of allylic oxidation sites excluding steroid dienone is 1. The molecule has 21 heavy (non-hydrogen) atoms. The Morgan fingerprint density at radius 2 is 1.29 bits per heavy atom. The van der Waals surface area contributed by atoms with E-state index < -0.39 is 0 Å². The van der Waals surface area contributed by atoms with Crippen LogP contribution in [-0.4, -0.2) is 24.3 Å². The van der Waals surface area contributed by atoms with Gasteiger partial charge in [0.2, 0.25) is 0 Å². The summed E-state index contributed by atoms with van der Waals surface area (Å²) in [6, 6.07) is 0. The molecule has 0 aromatic carbocycles. The van der Waals surface area contributed by atoms with Gasteiger partial charge in [0.15, 0.2) is 0 Å². The Kier molecular flexibility index (Phi) is 16.5. The van der Waals surface area contributed by atoms with E-state index in [0.29, 0.717) is 6.61 Å².